The summed E-state index contributed by atoms with van der Waals surface area (Å²) in [6.45, 7) is 6.22. The van der Waals surface area contributed by atoms with E-state index < -0.39 is 0 Å². The zero-order chi connectivity index (χ0) is 10.8. The molecule has 15 heavy (non-hydrogen) atoms. The van der Waals surface area contributed by atoms with Crippen LogP contribution < -0.4 is 0 Å². The first-order chi connectivity index (χ1) is 7.18. The summed E-state index contributed by atoms with van der Waals surface area (Å²) in [6.07, 6.45) is 0. The Morgan fingerprint density at radius 1 is 0.867 bits per heavy atom. The number of aryl methyl sites for hydroxylation is 3. The molecule has 1 nitrogen and oxygen atoms in total. The predicted octanol–water partition coefficient (Wildman–Crippen LogP) is 3.67. The molecule has 0 spiro atoms. The summed E-state index contributed by atoms with van der Waals surface area (Å²) < 4.78 is 0. The van der Waals surface area contributed by atoms with Crippen LogP contribution in [0.1, 0.15) is 17.0 Å². The van der Waals surface area contributed by atoms with Crippen LogP contribution in [0.2, 0.25) is 0 Å². The van der Waals surface area contributed by atoms with Crippen LogP contribution in [0.4, 0.5) is 0 Å². The third kappa shape index (κ3) is 1.91. The minimum Gasteiger partial charge on any atom is -0.258 e. The van der Waals surface area contributed by atoms with Crippen molar-refractivity contribution < 1.29 is 0 Å². The molecule has 1 aromatic heterocycles. The number of benzene rings is 1. The summed E-state index contributed by atoms with van der Waals surface area (Å²) in [7, 11) is 0. The Bertz CT molecular complexity index is 472. The monoisotopic (exact) mass is 197 g/mol. The van der Waals surface area contributed by atoms with Crippen LogP contribution in [-0.2, 0) is 0 Å². The van der Waals surface area contributed by atoms with Gasteiger partial charge >= 0.3 is 0 Å². The lowest BCUT2D eigenvalue weighted by Crippen LogP contribution is -1.93. The quantitative estimate of drug-likeness (QED) is 0.679. The fraction of sp³-hybridized carbons (Fsp3) is 0.214. The van der Waals surface area contributed by atoms with Gasteiger partial charge in [0.2, 0.25) is 0 Å². The van der Waals surface area contributed by atoms with Crippen molar-refractivity contribution in [3.8, 4) is 11.1 Å². The van der Waals surface area contributed by atoms with Gasteiger partial charge in [-0.1, -0.05) is 30.3 Å². The SMILES string of the molecule is Cc1cc(-c2ccccc2)c(C)nc1C. The fourth-order valence-electron chi connectivity index (χ4n) is 1.74. The molecule has 1 heterocycles. The number of pyridine rings is 1. The van der Waals surface area contributed by atoms with Gasteiger partial charge in [-0.25, -0.2) is 0 Å². The predicted molar refractivity (Wildman–Crippen MR) is 63.9 cm³/mol. The van der Waals surface area contributed by atoms with Gasteiger partial charge in [0.05, 0.1) is 0 Å². The Balaban J connectivity index is 2.59. The minimum atomic E-state index is 1.10. The molecule has 0 saturated carbocycles. The van der Waals surface area contributed by atoms with Crippen LogP contribution in [0.25, 0.3) is 11.1 Å². The van der Waals surface area contributed by atoms with E-state index in [1.54, 1.807) is 0 Å². The lowest BCUT2D eigenvalue weighted by molar-refractivity contribution is 1.09. The maximum Gasteiger partial charge on any atom is 0.0454 e. The first-order valence-electron chi connectivity index (χ1n) is 5.19. The molecule has 2 rings (SSSR count). The van der Waals surface area contributed by atoms with E-state index in [1.165, 1.54) is 16.7 Å². The highest BCUT2D eigenvalue weighted by Crippen LogP contribution is 2.23. The zero-order valence-corrected chi connectivity index (χ0v) is 9.41. The molecule has 0 saturated heterocycles. The Kier molecular flexibility index (Phi) is 2.55. The topological polar surface area (TPSA) is 12.9 Å². The van der Waals surface area contributed by atoms with E-state index in [9.17, 15) is 0 Å². The van der Waals surface area contributed by atoms with Crippen LogP contribution in [0.5, 0.6) is 0 Å². The van der Waals surface area contributed by atoms with Crippen LogP contribution in [-0.4, -0.2) is 4.98 Å². The van der Waals surface area contributed by atoms with E-state index in [0.29, 0.717) is 0 Å². The summed E-state index contributed by atoms with van der Waals surface area (Å²) in [5, 5.41) is 0. The average molecular weight is 197 g/mol. The van der Waals surface area contributed by atoms with Crippen LogP contribution in [0.15, 0.2) is 36.4 Å². The zero-order valence-electron chi connectivity index (χ0n) is 9.41. The second-order valence-electron chi connectivity index (χ2n) is 3.89. The molecule has 0 aliphatic carbocycles. The minimum absolute atomic E-state index is 1.10. The van der Waals surface area contributed by atoms with E-state index in [2.05, 4.69) is 56.1 Å². The van der Waals surface area contributed by atoms with Gasteiger partial charge in [0.1, 0.15) is 0 Å². The molecular weight excluding hydrogens is 182 g/mol. The molecule has 2 aromatic rings. The Morgan fingerprint density at radius 3 is 2.20 bits per heavy atom. The van der Waals surface area contributed by atoms with Gasteiger partial charge in [0.15, 0.2) is 0 Å². The van der Waals surface area contributed by atoms with E-state index in [-0.39, 0.29) is 0 Å². The third-order valence-corrected chi connectivity index (χ3v) is 2.74. The molecule has 0 aliphatic heterocycles. The number of nitrogens with zero attached hydrogens (tertiary/aromatic N) is 1. The highest BCUT2D eigenvalue weighted by molar-refractivity contribution is 5.66. The van der Waals surface area contributed by atoms with Gasteiger partial charge in [0.25, 0.3) is 0 Å². The molecule has 0 unspecified atom stereocenters. The normalized spacial score (nSPS) is 10.3. The van der Waals surface area contributed by atoms with Gasteiger partial charge in [-0.15, -0.1) is 0 Å². The average Bonchev–Trinajstić information content (AvgIpc) is 2.25. The Morgan fingerprint density at radius 2 is 1.53 bits per heavy atom. The largest absolute Gasteiger partial charge is 0.258 e. The molecule has 0 fully saturated rings. The van der Waals surface area contributed by atoms with Crippen LogP contribution in [0, 0.1) is 20.8 Å². The van der Waals surface area contributed by atoms with Crippen molar-refractivity contribution in [2.75, 3.05) is 0 Å². The fourth-order valence-corrected chi connectivity index (χ4v) is 1.74. The molecule has 0 radical (unpaired) electrons. The summed E-state index contributed by atoms with van der Waals surface area (Å²) in [6, 6.07) is 12.6. The number of hydrogen-bond acceptors (Lipinski definition) is 1. The molecule has 0 atom stereocenters. The molecule has 0 aliphatic rings. The summed E-state index contributed by atoms with van der Waals surface area (Å²) >= 11 is 0. The van der Waals surface area contributed by atoms with Crippen molar-refractivity contribution >= 4 is 0 Å². The van der Waals surface area contributed by atoms with Crippen molar-refractivity contribution in [1.82, 2.24) is 4.98 Å². The highest BCUT2D eigenvalue weighted by Gasteiger charge is 2.04. The van der Waals surface area contributed by atoms with Crippen molar-refractivity contribution in [1.29, 1.82) is 0 Å². The second kappa shape index (κ2) is 3.85. The summed E-state index contributed by atoms with van der Waals surface area (Å²) in [4.78, 5) is 4.55. The molecule has 0 amide bonds. The molecule has 0 N–H and O–H groups in total. The van der Waals surface area contributed by atoms with Gasteiger partial charge in [0, 0.05) is 17.0 Å². The summed E-state index contributed by atoms with van der Waals surface area (Å²) in [5.41, 5.74) is 5.94. The van der Waals surface area contributed by atoms with E-state index in [0.717, 1.165) is 11.4 Å². The molecule has 76 valence electrons. The molecule has 0 bridgehead atoms. The second-order valence-corrected chi connectivity index (χ2v) is 3.89. The molecular formula is C14H15N. The van der Waals surface area contributed by atoms with Gasteiger partial charge < -0.3 is 0 Å². The first kappa shape index (κ1) is 9.91. The smallest absolute Gasteiger partial charge is 0.0454 e. The molecule has 1 aromatic carbocycles. The first-order valence-corrected chi connectivity index (χ1v) is 5.19. The molecule has 1 heteroatoms. The van der Waals surface area contributed by atoms with E-state index in [4.69, 9.17) is 0 Å². The lowest BCUT2D eigenvalue weighted by Gasteiger charge is -2.08. The van der Waals surface area contributed by atoms with Crippen molar-refractivity contribution in [2.24, 2.45) is 0 Å². The van der Waals surface area contributed by atoms with E-state index >= 15 is 0 Å². The van der Waals surface area contributed by atoms with Crippen molar-refractivity contribution in [3.05, 3.63) is 53.3 Å². The maximum absolute atomic E-state index is 4.55. The van der Waals surface area contributed by atoms with Gasteiger partial charge in [-0.3, -0.25) is 4.98 Å². The highest BCUT2D eigenvalue weighted by atomic mass is 14.7. The summed E-state index contributed by atoms with van der Waals surface area (Å²) in [5.74, 6) is 0. The van der Waals surface area contributed by atoms with Crippen molar-refractivity contribution in [2.45, 2.75) is 20.8 Å². The standard InChI is InChI=1S/C14H15N/c1-10-9-14(12(3)15-11(10)2)13-7-5-4-6-8-13/h4-9H,1-3H3. The maximum atomic E-state index is 4.55. The Hall–Kier alpha value is -1.63. The number of hydrogen-bond donors (Lipinski definition) is 0. The lowest BCUT2D eigenvalue weighted by atomic mass is 10.0. The van der Waals surface area contributed by atoms with Crippen LogP contribution in [0.3, 0.4) is 0 Å². The van der Waals surface area contributed by atoms with Crippen LogP contribution >= 0.6 is 0 Å². The Labute approximate surface area is 90.8 Å². The third-order valence-electron chi connectivity index (χ3n) is 2.74. The van der Waals surface area contributed by atoms with Gasteiger partial charge in [-0.2, -0.15) is 0 Å². The number of rotatable bonds is 1. The van der Waals surface area contributed by atoms with Gasteiger partial charge in [-0.05, 0) is 38.0 Å². The number of aromatic nitrogens is 1. The van der Waals surface area contributed by atoms with E-state index in [1.807, 2.05) is 6.07 Å². The van der Waals surface area contributed by atoms with Crippen molar-refractivity contribution in [3.63, 3.8) is 0 Å².